The number of aryl methyl sites for hydroxylation is 1. The Labute approximate surface area is 152 Å². The van der Waals surface area contributed by atoms with E-state index in [9.17, 15) is 4.79 Å². The molecule has 0 atom stereocenters. The molecule has 7 heteroatoms. The molecule has 0 aliphatic carbocycles. The summed E-state index contributed by atoms with van der Waals surface area (Å²) in [6.07, 6.45) is 3.01. The van der Waals surface area contributed by atoms with Crippen molar-refractivity contribution in [3.63, 3.8) is 0 Å². The average Bonchev–Trinajstić information content (AvgIpc) is 2.90. The topological polar surface area (TPSA) is 81.1 Å². The normalized spacial score (nSPS) is 10.9. The minimum atomic E-state index is -0.236. The number of hydrogen-bond acceptors (Lipinski definition) is 5. The average molecular weight is 353 g/mol. The molecule has 0 bridgehead atoms. The molecule has 1 aromatic carbocycles. The summed E-state index contributed by atoms with van der Waals surface area (Å²) in [4.78, 5) is 20.6. The first-order valence-electron chi connectivity index (χ1n) is 8.44. The molecule has 0 saturated heterocycles. The van der Waals surface area contributed by atoms with E-state index < -0.39 is 0 Å². The van der Waals surface area contributed by atoms with Crippen molar-refractivity contribution in [2.75, 3.05) is 31.4 Å². The van der Waals surface area contributed by atoms with Crippen LogP contribution in [0.4, 0.5) is 11.6 Å². The Hall–Kier alpha value is -2.93. The van der Waals surface area contributed by atoms with Crippen molar-refractivity contribution in [3.05, 3.63) is 47.4 Å². The molecule has 2 N–H and O–H groups in total. The Morgan fingerprint density at radius 1 is 1.23 bits per heavy atom. The van der Waals surface area contributed by atoms with Crippen molar-refractivity contribution in [2.45, 2.75) is 20.4 Å². The molecule has 7 nitrogen and oxygen atoms in total. The maximum atomic E-state index is 12.4. The molecule has 1 amide bonds. The van der Waals surface area contributed by atoms with E-state index >= 15 is 0 Å². The highest BCUT2D eigenvalue weighted by Crippen LogP contribution is 2.28. The Balaban J connectivity index is 1.86. The highest BCUT2D eigenvalue weighted by Gasteiger charge is 2.13. The first-order chi connectivity index (χ1) is 12.5. The number of rotatable bonds is 6. The number of carbonyl (C=O) groups excluding carboxylic acids is 1. The number of nitrogens with zero attached hydrogens (tertiary/aromatic N) is 3. The van der Waals surface area contributed by atoms with Crippen LogP contribution < -0.4 is 10.6 Å². The number of hydrogen-bond donors (Lipinski definition) is 2. The monoisotopic (exact) mass is 353 g/mol. The van der Waals surface area contributed by atoms with Gasteiger partial charge in [-0.05, 0) is 37.6 Å². The predicted octanol–water partition coefficient (Wildman–Crippen LogP) is 2.99. The number of methoxy groups -OCH3 is 1. The fraction of sp³-hybridized carbons (Fsp3) is 0.316. The van der Waals surface area contributed by atoms with Crippen LogP contribution in [0.5, 0.6) is 0 Å². The van der Waals surface area contributed by atoms with E-state index in [1.807, 2.05) is 18.2 Å². The van der Waals surface area contributed by atoms with Crippen LogP contribution in [0.3, 0.4) is 0 Å². The lowest BCUT2D eigenvalue weighted by atomic mass is 10.1. The molecule has 136 valence electrons. The number of carbonyl (C=O) groups is 1. The second-order valence-corrected chi connectivity index (χ2v) is 6.09. The number of aromatic nitrogens is 3. The smallest absolute Gasteiger partial charge is 0.258 e. The van der Waals surface area contributed by atoms with Gasteiger partial charge in [0.2, 0.25) is 5.95 Å². The highest BCUT2D eigenvalue weighted by atomic mass is 16.5. The van der Waals surface area contributed by atoms with Crippen LogP contribution in [0, 0.1) is 13.8 Å². The van der Waals surface area contributed by atoms with Crippen LogP contribution in [0.25, 0.3) is 10.9 Å². The zero-order valence-electron chi connectivity index (χ0n) is 15.5. The SMILES string of the molecule is CNc1ncc(C(=O)Nc2ccc3c(c2)c(C)c(C)n3CCOC)cn1. The van der Waals surface area contributed by atoms with Crippen molar-refractivity contribution >= 4 is 28.4 Å². The molecule has 2 heterocycles. The minimum absolute atomic E-state index is 0.236. The zero-order chi connectivity index (χ0) is 18.7. The third-order valence-corrected chi connectivity index (χ3v) is 4.55. The van der Waals surface area contributed by atoms with E-state index in [2.05, 4.69) is 39.0 Å². The molecule has 0 saturated carbocycles. The number of amides is 1. The second kappa shape index (κ2) is 7.53. The van der Waals surface area contributed by atoms with E-state index in [0.717, 1.165) is 23.1 Å². The summed E-state index contributed by atoms with van der Waals surface area (Å²) in [5.74, 6) is 0.242. The summed E-state index contributed by atoms with van der Waals surface area (Å²) in [5, 5.41) is 6.86. The standard InChI is InChI=1S/C19H23N5O2/c1-12-13(2)24(7-8-26-4)17-6-5-15(9-16(12)17)23-18(25)14-10-21-19(20-3)22-11-14/h5-6,9-11H,7-8H2,1-4H3,(H,23,25)(H,20,21,22). The van der Waals surface area contributed by atoms with Crippen molar-refractivity contribution in [3.8, 4) is 0 Å². The third kappa shape index (κ3) is 3.39. The second-order valence-electron chi connectivity index (χ2n) is 6.09. The van der Waals surface area contributed by atoms with E-state index in [-0.39, 0.29) is 5.91 Å². The number of anilines is 2. The lowest BCUT2D eigenvalue weighted by Crippen LogP contribution is -2.13. The maximum absolute atomic E-state index is 12.4. The largest absolute Gasteiger partial charge is 0.383 e. The van der Waals surface area contributed by atoms with Crippen LogP contribution in [-0.4, -0.2) is 41.2 Å². The molecular formula is C19H23N5O2. The lowest BCUT2D eigenvalue weighted by Gasteiger charge is -2.09. The maximum Gasteiger partial charge on any atom is 0.258 e. The Morgan fingerprint density at radius 3 is 2.62 bits per heavy atom. The van der Waals surface area contributed by atoms with Crippen molar-refractivity contribution < 1.29 is 9.53 Å². The van der Waals surface area contributed by atoms with Gasteiger partial charge in [-0.25, -0.2) is 9.97 Å². The Bertz CT molecular complexity index is 931. The van der Waals surface area contributed by atoms with Gasteiger partial charge in [-0.2, -0.15) is 0 Å². The molecule has 3 rings (SSSR count). The molecule has 0 radical (unpaired) electrons. The Morgan fingerprint density at radius 2 is 1.96 bits per heavy atom. The Kier molecular flexibility index (Phi) is 5.18. The summed E-state index contributed by atoms with van der Waals surface area (Å²) in [6, 6.07) is 5.94. The first-order valence-corrected chi connectivity index (χ1v) is 8.44. The first kappa shape index (κ1) is 17.9. The van der Waals surface area contributed by atoms with Gasteiger partial charge in [0.25, 0.3) is 5.91 Å². The van der Waals surface area contributed by atoms with Crippen LogP contribution in [0.2, 0.25) is 0 Å². The van der Waals surface area contributed by atoms with Gasteiger partial charge in [0.05, 0.1) is 12.2 Å². The molecular weight excluding hydrogens is 330 g/mol. The quantitative estimate of drug-likeness (QED) is 0.712. The van der Waals surface area contributed by atoms with Gasteiger partial charge in [0.1, 0.15) is 0 Å². The van der Waals surface area contributed by atoms with Gasteiger partial charge in [-0.3, -0.25) is 4.79 Å². The van der Waals surface area contributed by atoms with Gasteiger partial charge in [-0.1, -0.05) is 0 Å². The van der Waals surface area contributed by atoms with Gasteiger partial charge in [-0.15, -0.1) is 0 Å². The van der Waals surface area contributed by atoms with E-state index in [1.54, 1.807) is 14.2 Å². The summed E-state index contributed by atoms with van der Waals surface area (Å²) >= 11 is 0. The van der Waals surface area contributed by atoms with Crippen LogP contribution in [0.15, 0.2) is 30.6 Å². The fourth-order valence-corrected chi connectivity index (χ4v) is 2.98. The molecule has 3 aromatic rings. The van der Waals surface area contributed by atoms with E-state index in [4.69, 9.17) is 4.74 Å². The highest BCUT2D eigenvalue weighted by molar-refractivity contribution is 6.05. The number of ether oxygens (including phenoxy) is 1. The fourth-order valence-electron chi connectivity index (χ4n) is 2.98. The minimum Gasteiger partial charge on any atom is -0.383 e. The van der Waals surface area contributed by atoms with Crippen molar-refractivity contribution in [1.29, 1.82) is 0 Å². The zero-order valence-corrected chi connectivity index (χ0v) is 15.5. The number of fused-ring (bicyclic) bond motifs is 1. The molecule has 0 unspecified atom stereocenters. The predicted molar refractivity (Wildman–Crippen MR) is 103 cm³/mol. The van der Waals surface area contributed by atoms with Gasteiger partial charge in [0, 0.05) is 55.4 Å². The summed E-state index contributed by atoms with van der Waals surface area (Å²) in [6.45, 7) is 5.65. The summed E-state index contributed by atoms with van der Waals surface area (Å²) in [7, 11) is 3.43. The van der Waals surface area contributed by atoms with Gasteiger partial charge < -0.3 is 19.9 Å². The molecule has 0 fully saturated rings. The van der Waals surface area contributed by atoms with Crippen LogP contribution >= 0.6 is 0 Å². The number of benzene rings is 1. The van der Waals surface area contributed by atoms with Gasteiger partial charge >= 0.3 is 0 Å². The summed E-state index contributed by atoms with van der Waals surface area (Å²) < 4.78 is 7.45. The molecule has 0 aliphatic rings. The van der Waals surface area contributed by atoms with Crippen LogP contribution in [0.1, 0.15) is 21.6 Å². The molecule has 26 heavy (non-hydrogen) atoms. The van der Waals surface area contributed by atoms with Crippen LogP contribution in [-0.2, 0) is 11.3 Å². The molecule has 0 aliphatic heterocycles. The molecule has 2 aromatic heterocycles. The lowest BCUT2D eigenvalue weighted by molar-refractivity contribution is 0.102. The molecule has 0 spiro atoms. The van der Waals surface area contributed by atoms with Gasteiger partial charge in [0.15, 0.2) is 0 Å². The van der Waals surface area contributed by atoms with Crippen molar-refractivity contribution in [2.24, 2.45) is 0 Å². The van der Waals surface area contributed by atoms with E-state index in [0.29, 0.717) is 18.1 Å². The van der Waals surface area contributed by atoms with Crippen molar-refractivity contribution in [1.82, 2.24) is 14.5 Å². The number of nitrogens with one attached hydrogen (secondary N) is 2. The third-order valence-electron chi connectivity index (χ3n) is 4.55. The summed E-state index contributed by atoms with van der Waals surface area (Å²) in [5.41, 5.74) is 4.70. The van der Waals surface area contributed by atoms with E-state index in [1.165, 1.54) is 23.7 Å².